The van der Waals surface area contributed by atoms with Crippen molar-refractivity contribution in [2.45, 2.75) is 19.3 Å². The first-order chi connectivity index (χ1) is 16.8. The van der Waals surface area contributed by atoms with E-state index in [-0.39, 0.29) is 11.8 Å². The first-order valence-electron chi connectivity index (χ1n) is 11.4. The Balaban J connectivity index is 1.43. The molecule has 0 unspecified atom stereocenters. The first kappa shape index (κ1) is 22.7. The van der Waals surface area contributed by atoms with Crippen LogP contribution >= 0.6 is 11.3 Å². The summed E-state index contributed by atoms with van der Waals surface area (Å²) in [5.74, 6) is -0.141. The van der Waals surface area contributed by atoms with Gasteiger partial charge in [0, 0.05) is 29.3 Å². The number of nitrogens with one attached hydrogen (secondary N) is 1. The Morgan fingerprint density at radius 2 is 1.69 bits per heavy atom. The van der Waals surface area contributed by atoms with Crippen LogP contribution in [0.3, 0.4) is 0 Å². The summed E-state index contributed by atoms with van der Waals surface area (Å²) in [6.45, 7) is 3.89. The topological polar surface area (TPSA) is 62.3 Å². The Labute approximate surface area is 208 Å². The molecule has 3 aromatic carbocycles. The van der Waals surface area contributed by atoms with Crippen LogP contribution in [0.4, 0.5) is 10.8 Å². The van der Waals surface area contributed by atoms with Gasteiger partial charge in [0.2, 0.25) is 5.91 Å². The second-order valence-electron chi connectivity index (χ2n) is 9.05. The molecule has 0 saturated heterocycles. The van der Waals surface area contributed by atoms with Crippen LogP contribution in [0.1, 0.15) is 30.5 Å². The highest BCUT2D eigenvalue weighted by atomic mass is 32.1. The molecule has 35 heavy (non-hydrogen) atoms. The minimum Gasteiger partial charge on any atom is -0.314 e. The summed E-state index contributed by atoms with van der Waals surface area (Å²) >= 11 is 1.38. The van der Waals surface area contributed by atoms with Gasteiger partial charge in [-0.3, -0.25) is 14.9 Å². The molecule has 174 valence electrons. The zero-order valence-corrected chi connectivity index (χ0v) is 20.6. The summed E-state index contributed by atoms with van der Waals surface area (Å²) in [5, 5.41) is 5.42. The van der Waals surface area contributed by atoms with E-state index in [0.29, 0.717) is 10.7 Å². The van der Waals surface area contributed by atoms with Crippen molar-refractivity contribution in [2.24, 2.45) is 0 Å². The lowest BCUT2D eigenvalue weighted by Crippen LogP contribution is -2.33. The monoisotopic (exact) mass is 479 g/mol. The van der Waals surface area contributed by atoms with Gasteiger partial charge in [0.15, 0.2) is 5.13 Å². The molecule has 0 bridgehead atoms. The number of benzene rings is 3. The van der Waals surface area contributed by atoms with E-state index in [1.54, 1.807) is 11.9 Å². The second-order valence-corrected chi connectivity index (χ2v) is 9.91. The van der Waals surface area contributed by atoms with E-state index in [2.05, 4.69) is 10.3 Å². The lowest BCUT2D eigenvalue weighted by molar-refractivity contribution is -0.121. The Hall–Kier alpha value is -4.03. The van der Waals surface area contributed by atoms with Crippen molar-refractivity contribution < 1.29 is 9.59 Å². The molecule has 0 radical (unpaired) electrons. The van der Waals surface area contributed by atoms with Gasteiger partial charge in [0.1, 0.15) is 0 Å². The number of likely N-dealkylation sites (N-methyl/N-ethyl adjacent to an activating group) is 1. The van der Waals surface area contributed by atoms with Gasteiger partial charge in [-0.1, -0.05) is 66.7 Å². The smallest absolute Gasteiger partial charge is 0.258 e. The minimum absolute atomic E-state index is 0.0783. The molecule has 4 aromatic rings. The average molecular weight is 480 g/mol. The van der Waals surface area contributed by atoms with Crippen molar-refractivity contribution in [3.63, 3.8) is 0 Å². The number of carbonyl (C=O) groups excluding carboxylic acids is 2. The van der Waals surface area contributed by atoms with E-state index in [0.717, 1.165) is 33.6 Å². The highest BCUT2D eigenvalue weighted by molar-refractivity contribution is 7.14. The number of amides is 2. The Kier molecular flexibility index (Phi) is 5.83. The highest BCUT2D eigenvalue weighted by Gasteiger charge is 2.42. The van der Waals surface area contributed by atoms with E-state index in [9.17, 15) is 9.59 Å². The maximum Gasteiger partial charge on any atom is 0.258 e. The van der Waals surface area contributed by atoms with Crippen molar-refractivity contribution in [2.75, 3.05) is 17.3 Å². The van der Waals surface area contributed by atoms with Crippen LogP contribution in [0, 0.1) is 0 Å². The van der Waals surface area contributed by atoms with Gasteiger partial charge >= 0.3 is 0 Å². The molecule has 0 fully saturated rings. The largest absolute Gasteiger partial charge is 0.314 e. The van der Waals surface area contributed by atoms with E-state index in [4.69, 9.17) is 0 Å². The predicted octanol–water partition coefficient (Wildman–Crippen LogP) is 6.24. The normalized spacial score (nSPS) is 14.7. The fourth-order valence-corrected chi connectivity index (χ4v) is 5.09. The second kappa shape index (κ2) is 8.96. The zero-order chi connectivity index (χ0) is 24.6. The molecular weight excluding hydrogens is 454 g/mol. The van der Waals surface area contributed by atoms with Crippen molar-refractivity contribution in [3.05, 3.63) is 101 Å². The fraction of sp³-hybridized carbons (Fsp3) is 0.138. The van der Waals surface area contributed by atoms with Gasteiger partial charge in [0.25, 0.3) is 5.91 Å². The lowest BCUT2D eigenvalue weighted by Gasteiger charge is -2.16. The Morgan fingerprint density at radius 3 is 2.40 bits per heavy atom. The summed E-state index contributed by atoms with van der Waals surface area (Å²) in [4.78, 5) is 32.3. The van der Waals surface area contributed by atoms with Gasteiger partial charge in [0.05, 0.1) is 11.1 Å². The number of rotatable bonds is 5. The summed E-state index contributed by atoms with van der Waals surface area (Å²) < 4.78 is 0. The fourth-order valence-electron chi connectivity index (χ4n) is 4.37. The number of fused-ring (bicyclic) bond motifs is 1. The third-order valence-electron chi connectivity index (χ3n) is 6.33. The summed E-state index contributed by atoms with van der Waals surface area (Å²) in [6, 6.07) is 25.3. The molecule has 1 N–H and O–H groups in total. The van der Waals surface area contributed by atoms with E-state index in [1.807, 2.05) is 104 Å². The van der Waals surface area contributed by atoms with Crippen LogP contribution in [0.15, 0.2) is 84.2 Å². The summed E-state index contributed by atoms with van der Waals surface area (Å²) in [5.41, 5.74) is 5.35. The maximum absolute atomic E-state index is 13.3. The van der Waals surface area contributed by atoms with Gasteiger partial charge in [-0.15, -0.1) is 11.3 Å². The predicted molar refractivity (Wildman–Crippen MR) is 143 cm³/mol. The number of carbonyl (C=O) groups is 2. The molecule has 6 heteroatoms. The molecule has 1 aromatic heterocycles. The van der Waals surface area contributed by atoms with Crippen molar-refractivity contribution in [1.29, 1.82) is 0 Å². The Morgan fingerprint density at radius 1 is 1.00 bits per heavy atom. The third kappa shape index (κ3) is 4.29. The lowest BCUT2D eigenvalue weighted by atomic mass is 9.85. The molecule has 1 aliphatic rings. The number of hydrogen-bond donors (Lipinski definition) is 1. The quantitative estimate of drug-likeness (QED) is 0.272. The van der Waals surface area contributed by atoms with Gasteiger partial charge in [-0.2, -0.15) is 0 Å². The van der Waals surface area contributed by atoms with Crippen molar-refractivity contribution >= 4 is 45.6 Å². The molecule has 0 aliphatic carbocycles. The number of thiazole rings is 1. The SMILES string of the molecule is CN1C(=O)C(C)(C)c2cc(-c3csc(NC(=O)/C(=C\c4ccccc4)c4ccccc4)n3)ccc21. The molecule has 2 amide bonds. The number of anilines is 2. The third-order valence-corrected chi connectivity index (χ3v) is 7.09. The molecule has 5 rings (SSSR count). The van der Waals surface area contributed by atoms with Gasteiger partial charge in [-0.25, -0.2) is 4.98 Å². The molecule has 0 saturated carbocycles. The molecular formula is C29H25N3O2S. The standard InChI is InChI=1S/C29H25N3O2S/c1-29(2)23-17-21(14-15-25(23)32(3)27(29)34)24-18-35-28(30-24)31-26(33)22(20-12-8-5-9-13-20)16-19-10-6-4-7-11-19/h4-18H,1-3H3,(H,30,31,33)/b22-16-. The van der Waals surface area contributed by atoms with Crippen LogP contribution in [-0.2, 0) is 15.0 Å². The summed E-state index contributed by atoms with van der Waals surface area (Å²) in [6.07, 6.45) is 1.88. The molecule has 0 spiro atoms. The minimum atomic E-state index is -0.583. The molecule has 2 heterocycles. The molecule has 0 atom stereocenters. The van der Waals surface area contributed by atoms with Gasteiger partial charge < -0.3 is 4.90 Å². The van der Waals surface area contributed by atoms with Gasteiger partial charge in [-0.05, 0) is 48.7 Å². The zero-order valence-electron chi connectivity index (χ0n) is 19.8. The highest BCUT2D eigenvalue weighted by Crippen LogP contribution is 2.42. The van der Waals surface area contributed by atoms with Crippen molar-refractivity contribution in [3.8, 4) is 11.3 Å². The molecule has 5 nitrogen and oxygen atoms in total. The van der Waals surface area contributed by atoms with Crippen LogP contribution in [0.5, 0.6) is 0 Å². The van der Waals surface area contributed by atoms with E-state index in [1.165, 1.54) is 11.3 Å². The van der Waals surface area contributed by atoms with Crippen LogP contribution < -0.4 is 10.2 Å². The van der Waals surface area contributed by atoms with Crippen LogP contribution in [0.25, 0.3) is 22.9 Å². The van der Waals surface area contributed by atoms with Crippen LogP contribution in [-0.4, -0.2) is 23.8 Å². The van der Waals surface area contributed by atoms with E-state index < -0.39 is 5.41 Å². The summed E-state index contributed by atoms with van der Waals surface area (Å²) in [7, 11) is 1.80. The molecule has 1 aliphatic heterocycles. The average Bonchev–Trinajstić information content (AvgIpc) is 3.41. The van der Waals surface area contributed by atoms with E-state index >= 15 is 0 Å². The van der Waals surface area contributed by atoms with Crippen LogP contribution in [0.2, 0.25) is 0 Å². The number of nitrogens with zero attached hydrogens (tertiary/aromatic N) is 2. The maximum atomic E-state index is 13.3. The first-order valence-corrected chi connectivity index (χ1v) is 12.2. The van der Waals surface area contributed by atoms with Crippen molar-refractivity contribution in [1.82, 2.24) is 4.98 Å². The Bertz CT molecular complexity index is 1440. The number of aromatic nitrogens is 1. The number of hydrogen-bond acceptors (Lipinski definition) is 4.